The molecule has 2 saturated carbocycles. The van der Waals surface area contributed by atoms with Crippen LogP contribution in [0.5, 0.6) is 0 Å². The van der Waals surface area contributed by atoms with E-state index in [1.807, 2.05) is 0 Å². The number of carbonyl (C=O) groups is 1. The van der Waals surface area contributed by atoms with Gasteiger partial charge < -0.3 is 16.2 Å². The van der Waals surface area contributed by atoms with Crippen LogP contribution in [0.4, 0.5) is 0 Å². The highest BCUT2D eigenvalue weighted by Gasteiger charge is 2.33. The molecule has 4 atom stereocenters. The van der Waals surface area contributed by atoms with Gasteiger partial charge in [-0.25, -0.2) is 0 Å². The molecule has 4 nitrogen and oxygen atoms in total. The van der Waals surface area contributed by atoms with E-state index in [1.54, 1.807) is 0 Å². The normalized spacial score (nSPS) is 37.3. The first-order valence-electron chi connectivity index (χ1n) is 6.88. The number of hydrogen-bond donors (Lipinski definition) is 3. The summed E-state index contributed by atoms with van der Waals surface area (Å²) in [4.78, 5) is 12.0. The van der Waals surface area contributed by atoms with Crippen molar-refractivity contribution in [3.63, 3.8) is 0 Å². The summed E-state index contributed by atoms with van der Waals surface area (Å²) in [5.74, 6) is 0.885. The maximum Gasteiger partial charge on any atom is 0.223 e. The van der Waals surface area contributed by atoms with Crippen molar-refractivity contribution in [2.24, 2.45) is 23.5 Å². The minimum absolute atomic E-state index is 0.110. The van der Waals surface area contributed by atoms with Crippen molar-refractivity contribution in [2.45, 2.75) is 44.6 Å². The molecule has 0 heterocycles. The predicted molar refractivity (Wildman–Crippen MR) is 66.2 cm³/mol. The summed E-state index contributed by atoms with van der Waals surface area (Å²) in [7, 11) is 0. The summed E-state index contributed by atoms with van der Waals surface area (Å²) in [5, 5.41) is 12.7. The van der Waals surface area contributed by atoms with E-state index >= 15 is 0 Å². The summed E-state index contributed by atoms with van der Waals surface area (Å²) in [6, 6.07) is 0. The van der Waals surface area contributed by atoms with Crippen molar-refractivity contribution >= 4 is 5.91 Å². The molecule has 0 aromatic rings. The van der Waals surface area contributed by atoms with Crippen LogP contribution in [-0.4, -0.2) is 30.2 Å². The maximum absolute atomic E-state index is 12.0. The van der Waals surface area contributed by atoms with Crippen LogP contribution in [0.1, 0.15) is 38.5 Å². The van der Waals surface area contributed by atoms with Crippen molar-refractivity contribution in [1.82, 2.24) is 5.32 Å². The summed E-state index contributed by atoms with van der Waals surface area (Å²) in [5.41, 5.74) is 5.68. The van der Waals surface area contributed by atoms with Gasteiger partial charge in [0, 0.05) is 18.4 Å². The lowest BCUT2D eigenvalue weighted by Gasteiger charge is -2.20. The topological polar surface area (TPSA) is 75.4 Å². The van der Waals surface area contributed by atoms with Crippen LogP contribution in [-0.2, 0) is 4.79 Å². The molecule has 2 unspecified atom stereocenters. The second-order valence-electron chi connectivity index (χ2n) is 5.54. The fraction of sp³-hybridized carbons (Fsp3) is 0.923. The summed E-state index contributed by atoms with van der Waals surface area (Å²) in [6.45, 7) is 1.25. The number of rotatable bonds is 4. The fourth-order valence-electron chi connectivity index (χ4n) is 3.28. The van der Waals surface area contributed by atoms with Crippen molar-refractivity contribution in [3.8, 4) is 0 Å². The quantitative estimate of drug-likeness (QED) is 0.675. The van der Waals surface area contributed by atoms with Gasteiger partial charge in [0.1, 0.15) is 0 Å². The first kappa shape index (κ1) is 12.8. The number of amides is 1. The van der Waals surface area contributed by atoms with Gasteiger partial charge in [0.15, 0.2) is 0 Å². The monoisotopic (exact) mass is 240 g/mol. The van der Waals surface area contributed by atoms with Crippen LogP contribution >= 0.6 is 0 Å². The Hall–Kier alpha value is -0.610. The molecule has 0 aliphatic heterocycles. The van der Waals surface area contributed by atoms with Crippen LogP contribution < -0.4 is 11.1 Å². The van der Waals surface area contributed by atoms with Gasteiger partial charge in [-0.15, -0.1) is 0 Å². The number of carbonyl (C=O) groups excluding carboxylic acids is 1. The van der Waals surface area contributed by atoms with Crippen molar-refractivity contribution in [1.29, 1.82) is 0 Å². The molecule has 0 bridgehead atoms. The number of aliphatic hydroxyl groups excluding tert-OH is 1. The lowest BCUT2D eigenvalue weighted by Crippen LogP contribution is -2.38. The molecule has 4 N–H and O–H groups in total. The fourth-order valence-corrected chi connectivity index (χ4v) is 3.28. The van der Waals surface area contributed by atoms with E-state index in [-0.39, 0.29) is 23.8 Å². The van der Waals surface area contributed by atoms with E-state index in [9.17, 15) is 9.90 Å². The Morgan fingerprint density at radius 1 is 1.18 bits per heavy atom. The van der Waals surface area contributed by atoms with E-state index in [2.05, 4.69) is 5.32 Å². The van der Waals surface area contributed by atoms with Gasteiger partial charge in [-0.3, -0.25) is 4.79 Å². The summed E-state index contributed by atoms with van der Waals surface area (Å²) < 4.78 is 0. The second kappa shape index (κ2) is 5.83. The number of nitrogens with two attached hydrogens (primary N) is 1. The molecule has 2 rings (SSSR count). The van der Waals surface area contributed by atoms with Gasteiger partial charge >= 0.3 is 0 Å². The third-order valence-corrected chi connectivity index (χ3v) is 4.46. The molecule has 2 aliphatic carbocycles. The Balaban J connectivity index is 1.77. The van der Waals surface area contributed by atoms with Gasteiger partial charge in [0.25, 0.3) is 0 Å². The van der Waals surface area contributed by atoms with E-state index in [0.717, 1.165) is 38.5 Å². The van der Waals surface area contributed by atoms with Crippen LogP contribution in [0.25, 0.3) is 0 Å². The molecular formula is C13H24N2O2. The zero-order valence-corrected chi connectivity index (χ0v) is 10.4. The van der Waals surface area contributed by atoms with E-state index in [0.29, 0.717) is 19.0 Å². The molecule has 0 radical (unpaired) electrons. The molecule has 4 heteroatoms. The summed E-state index contributed by atoms with van der Waals surface area (Å²) >= 11 is 0. The highest BCUT2D eigenvalue weighted by Crippen LogP contribution is 2.31. The zero-order chi connectivity index (χ0) is 12.3. The van der Waals surface area contributed by atoms with Gasteiger partial charge in [0.2, 0.25) is 5.91 Å². The molecule has 98 valence electrons. The zero-order valence-electron chi connectivity index (χ0n) is 10.4. The van der Waals surface area contributed by atoms with E-state index in [1.165, 1.54) is 0 Å². The van der Waals surface area contributed by atoms with Crippen LogP contribution in [0.3, 0.4) is 0 Å². The highest BCUT2D eigenvalue weighted by molar-refractivity contribution is 5.79. The predicted octanol–water partition coefficient (Wildman–Crippen LogP) is 0.639. The van der Waals surface area contributed by atoms with Crippen molar-refractivity contribution in [3.05, 3.63) is 0 Å². The lowest BCUT2D eigenvalue weighted by molar-refractivity contribution is -0.126. The Labute approximate surface area is 103 Å². The molecule has 2 fully saturated rings. The molecule has 0 aromatic carbocycles. The standard InChI is InChI=1S/C13H24N2O2/c14-7-9-3-1-5-11(9)13(17)15-8-10-4-2-6-12(10)16/h9-12,16H,1-8,14H2,(H,15,17)/t9-,10?,11-,12?/m1/s1. The largest absolute Gasteiger partial charge is 0.393 e. The third kappa shape index (κ3) is 2.99. The first-order chi connectivity index (χ1) is 8.22. The Morgan fingerprint density at radius 3 is 2.53 bits per heavy atom. The Morgan fingerprint density at radius 2 is 1.88 bits per heavy atom. The molecule has 0 saturated heterocycles. The average molecular weight is 240 g/mol. The molecular weight excluding hydrogens is 216 g/mol. The number of hydrogen-bond acceptors (Lipinski definition) is 3. The van der Waals surface area contributed by atoms with E-state index in [4.69, 9.17) is 5.73 Å². The first-order valence-corrected chi connectivity index (χ1v) is 6.88. The molecule has 17 heavy (non-hydrogen) atoms. The number of aliphatic hydroxyl groups is 1. The average Bonchev–Trinajstić information content (AvgIpc) is 2.94. The summed E-state index contributed by atoms with van der Waals surface area (Å²) in [6.07, 6.45) is 5.95. The van der Waals surface area contributed by atoms with E-state index < -0.39 is 0 Å². The van der Waals surface area contributed by atoms with Crippen LogP contribution in [0.15, 0.2) is 0 Å². The van der Waals surface area contributed by atoms with Gasteiger partial charge in [-0.05, 0) is 38.1 Å². The molecule has 0 aromatic heterocycles. The SMILES string of the molecule is NC[C@H]1CCC[C@H]1C(=O)NCC1CCCC1O. The Bertz CT molecular complexity index is 270. The van der Waals surface area contributed by atoms with Gasteiger partial charge in [-0.1, -0.05) is 12.8 Å². The van der Waals surface area contributed by atoms with Crippen LogP contribution in [0, 0.1) is 17.8 Å². The lowest BCUT2D eigenvalue weighted by atomic mass is 9.95. The smallest absolute Gasteiger partial charge is 0.223 e. The minimum atomic E-state index is -0.218. The van der Waals surface area contributed by atoms with Gasteiger partial charge in [0.05, 0.1) is 6.10 Å². The second-order valence-corrected chi connectivity index (χ2v) is 5.54. The number of nitrogens with one attached hydrogen (secondary N) is 1. The molecule has 2 aliphatic rings. The third-order valence-electron chi connectivity index (χ3n) is 4.46. The van der Waals surface area contributed by atoms with Crippen molar-refractivity contribution in [2.75, 3.05) is 13.1 Å². The Kier molecular flexibility index (Phi) is 4.40. The maximum atomic E-state index is 12.0. The minimum Gasteiger partial charge on any atom is -0.393 e. The molecule has 0 spiro atoms. The molecule has 1 amide bonds. The van der Waals surface area contributed by atoms with Crippen molar-refractivity contribution < 1.29 is 9.90 Å². The van der Waals surface area contributed by atoms with Gasteiger partial charge in [-0.2, -0.15) is 0 Å². The van der Waals surface area contributed by atoms with Crippen LogP contribution in [0.2, 0.25) is 0 Å². The highest BCUT2D eigenvalue weighted by atomic mass is 16.3.